The van der Waals surface area contributed by atoms with Gasteiger partial charge in [0.05, 0.1) is 29.1 Å². The van der Waals surface area contributed by atoms with Gasteiger partial charge >= 0.3 is 0 Å². The fraction of sp³-hybridized carbons (Fsp3) is 0.308. The van der Waals surface area contributed by atoms with E-state index in [2.05, 4.69) is 30.7 Å². The van der Waals surface area contributed by atoms with Crippen molar-refractivity contribution in [3.8, 4) is 11.5 Å². The van der Waals surface area contributed by atoms with Gasteiger partial charge in [-0.05, 0) is 38.8 Å². The number of nitrogens with one attached hydrogen (secondary N) is 2. The molecule has 0 spiro atoms. The number of rotatable bonds is 6. The van der Waals surface area contributed by atoms with Crippen LogP contribution in [0.1, 0.15) is 48.3 Å². The summed E-state index contributed by atoms with van der Waals surface area (Å²) in [4.78, 5) is 39.1. The van der Waals surface area contributed by atoms with Gasteiger partial charge in [0.2, 0.25) is 5.91 Å². The number of anilines is 1. The molecule has 4 aromatic rings. The number of amides is 2. The van der Waals surface area contributed by atoms with E-state index in [-0.39, 0.29) is 53.1 Å². The molecule has 38 heavy (non-hydrogen) atoms. The van der Waals surface area contributed by atoms with Crippen molar-refractivity contribution in [1.82, 2.24) is 30.0 Å². The number of aromatic nitrogens is 5. The standard InChI is InChI=1S/C26H23F2N7O3/c1-25(2)17-19(23(36)30-12-26(38)7-8-26)31-21(32-20(17)33-24(25)37)18-15-9-14(27)10-29-22(15)35(34-18)11-13-5-3-4-6-16(13)28/h3-6,9-10,38H,7-8,11-12H2,1-2H3,(H,30,36)(H,31,32,33,37). The first-order chi connectivity index (χ1) is 18.1. The highest BCUT2D eigenvalue weighted by Gasteiger charge is 2.45. The largest absolute Gasteiger partial charge is 0.388 e. The van der Waals surface area contributed by atoms with Crippen molar-refractivity contribution in [2.75, 3.05) is 11.9 Å². The lowest BCUT2D eigenvalue weighted by Gasteiger charge is -2.18. The Labute approximate surface area is 215 Å². The maximum Gasteiger partial charge on any atom is 0.270 e. The van der Waals surface area contributed by atoms with Crippen molar-refractivity contribution >= 4 is 28.7 Å². The van der Waals surface area contributed by atoms with Crippen LogP contribution in [0.3, 0.4) is 0 Å². The van der Waals surface area contributed by atoms with E-state index in [1.165, 1.54) is 16.8 Å². The maximum absolute atomic E-state index is 14.4. The number of carbonyl (C=O) groups excluding carboxylic acids is 2. The van der Waals surface area contributed by atoms with Crippen molar-refractivity contribution in [1.29, 1.82) is 0 Å². The first kappa shape index (κ1) is 24.0. The summed E-state index contributed by atoms with van der Waals surface area (Å²) in [5, 5.41) is 20.4. The normalized spacial score (nSPS) is 16.8. The van der Waals surface area contributed by atoms with Gasteiger partial charge in [-0.25, -0.2) is 28.4 Å². The van der Waals surface area contributed by atoms with Gasteiger partial charge in [0.25, 0.3) is 5.91 Å². The van der Waals surface area contributed by atoms with Gasteiger partial charge in [-0.15, -0.1) is 0 Å². The van der Waals surface area contributed by atoms with Crippen LogP contribution in [0.15, 0.2) is 36.5 Å². The zero-order valence-electron chi connectivity index (χ0n) is 20.5. The molecule has 12 heteroatoms. The molecule has 4 heterocycles. The third kappa shape index (κ3) is 3.97. The van der Waals surface area contributed by atoms with E-state index in [4.69, 9.17) is 0 Å². The first-order valence-electron chi connectivity index (χ1n) is 12.1. The summed E-state index contributed by atoms with van der Waals surface area (Å²) in [7, 11) is 0. The van der Waals surface area contributed by atoms with Gasteiger partial charge in [0.15, 0.2) is 11.5 Å². The smallest absolute Gasteiger partial charge is 0.270 e. The molecule has 10 nitrogen and oxygen atoms in total. The molecule has 1 aliphatic carbocycles. The number of nitrogens with zero attached hydrogens (tertiary/aromatic N) is 5. The summed E-state index contributed by atoms with van der Waals surface area (Å²) in [5.41, 5.74) is -1.07. The number of halogens is 2. The Bertz CT molecular complexity index is 1650. The van der Waals surface area contributed by atoms with Crippen LogP contribution in [0.25, 0.3) is 22.6 Å². The SMILES string of the molecule is CC1(C)C(=O)Nc2nc(-c3nn(Cc4ccccc4F)c4ncc(F)cc34)nc(C(=O)NCC3(O)CC3)c21. The van der Waals surface area contributed by atoms with Crippen LogP contribution in [-0.2, 0) is 16.8 Å². The summed E-state index contributed by atoms with van der Waals surface area (Å²) >= 11 is 0. The van der Waals surface area contributed by atoms with Gasteiger partial charge in [-0.1, -0.05) is 18.2 Å². The molecule has 3 aromatic heterocycles. The summed E-state index contributed by atoms with van der Waals surface area (Å²) in [6.45, 7) is 3.35. The second kappa shape index (κ2) is 8.35. The van der Waals surface area contributed by atoms with Crippen LogP contribution in [0.2, 0.25) is 0 Å². The zero-order chi connectivity index (χ0) is 26.8. The minimum Gasteiger partial charge on any atom is -0.388 e. The molecule has 1 aromatic carbocycles. The second-order valence-corrected chi connectivity index (χ2v) is 10.2. The van der Waals surface area contributed by atoms with E-state index in [1.54, 1.807) is 32.0 Å². The molecule has 1 fully saturated rings. The summed E-state index contributed by atoms with van der Waals surface area (Å²) in [5.74, 6) is -1.92. The van der Waals surface area contributed by atoms with Crippen LogP contribution in [0.4, 0.5) is 14.6 Å². The minimum absolute atomic E-state index is 0.00242. The Morgan fingerprint density at radius 2 is 1.97 bits per heavy atom. The summed E-state index contributed by atoms with van der Waals surface area (Å²) < 4.78 is 30.1. The van der Waals surface area contributed by atoms with Gasteiger partial charge in [0, 0.05) is 17.7 Å². The quantitative estimate of drug-likeness (QED) is 0.357. The van der Waals surface area contributed by atoms with Gasteiger partial charge in [0.1, 0.15) is 28.8 Å². The van der Waals surface area contributed by atoms with E-state index in [1.807, 2.05) is 0 Å². The molecule has 0 unspecified atom stereocenters. The van der Waals surface area contributed by atoms with E-state index >= 15 is 0 Å². The van der Waals surface area contributed by atoms with E-state index < -0.39 is 28.6 Å². The van der Waals surface area contributed by atoms with Crippen molar-refractivity contribution < 1.29 is 23.5 Å². The van der Waals surface area contributed by atoms with Crippen LogP contribution in [0, 0.1) is 11.6 Å². The van der Waals surface area contributed by atoms with Gasteiger partial charge < -0.3 is 15.7 Å². The van der Waals surface area contributed by atoms with E-state index in [9.17, 15) is 23.5 Å². The molecule has 0 saturated heterocycles. The van der Waals surface area contributed by atoms with Crippen molar-refractivity contribution in [2.24, 2.45) is 0 Å². The fourth-order valence-electron chi connectivity index (χ4n) is 4.54. The highest BCUT2D eigenvalue weighted by Crippen LogP contribution is 2.40. The predicted octanol–water partition coefficient (Wildman–Crippen LogP) is 2.70. The average molecular weight is 520 g/mol. The average Bonchev–Trinajstić information content (AvgIpc) is 3.44. The van der Waals surface area contributed by atoms with Crippen LogP contribution >= 0.6 is 0 Å². The molecule has 0 radical (unpaired) electrons. The minimum atomic E-state index is -1.10. The monoisotopic (exact) mass is 519 g/mol. The number of hydrogen-bond donors (Lipinski definition) is 3. The Hall–Kier alpha value is -4.32. The number of fused-ring (bicyclic) bond motifs is 2. The summed E-state index contributed by atoms with van der Waals surface area (Å²) in [6.07, 6.45) is 2.19. The molecule has 1 aliphatic heterocycles. The van der Waals surface area contributed by atoms with E-state index in [0.29, 0.717) is 24.0 Å². The number of pyridine rings is 1. The summed E-state index contributed by atoms with van der Waals surface area (Å²) in [6, 6.07) is 7.40. The van der Waals surface area contributed by atoms with Crippen LogP contribution in [0.5, 0.6) is 0 Å². The van der Waals surface area contributed by atoms with E-state index in [0.717, 1.165) is 6.20 Å². The molecule has 0 bridgehead atoms. The second-order valence-electron chi connectivity index (χ2n) is 10.2. The third-order valence-corrected chi connectivity index (χ3v) is 7.00. The van der Waals surface area contributed by atoms with Crippen LogP contribution < -0.4 is 10.6 Å². The number of carbonyl (C=O) groups is 2. The van der Waals surface area contributed by atoms with Gasteiger partial charge in [-0.3, -0.25) is 9.59 Å². The molecule has 6 rings (SSSR count). The van der Waals surface area contributed by atoms with Crippen molar-refractivity contribution in [3.63, 3.8) is 0 Å². The van der Waals surface area contributed by atoms with Crippen molar-refractivity contribution in [3.05, 3.63) is 65.0 Å². The molecule has 3 N–H and O–H groups in total. The highest BCUT2D eigenvalue weighted by molar-refractivity contribution is 6.09. The number of benzene rings is 1. The fourth-order valence-corrected chi connectivity index (χ4v) is 4.54. The lowest BCUT2D eigenvalue weighted by Crippen LogP contribution is -2.36. The molecular weight excluding hydrogens is 496 g/mol. The maximum atomic E-state index is 14.4. The highest BCUT2D eigenvalue weighted by atomic mass is 19.1. The van der Waals surface area contributed by atoms with Gasteiger partial charge in [-0.2, -0.15) is 5.10 Å². The lowest BCUT2D eigenvalue weighted by molar-refractivity contribution is -0.119. The molecule has 194 valence electrons. The predicted molar refractivity (Wildman–Crippen MR) is 132 cm³/mol. The topological polar surface area (TPSA) is 135 Å². The Balaban J connectivity index is 1.50. The van der Waals surface area contributed by atoms with Crippen LogP contribution in [-0.4, -0.2) is 53.8 Å². The molecular formula is C26H23F2N7O3. The molecule has 0 atom stereocenters. The molecule has 1 saturated carbocycles. The Kier molecular flexibility index (Phi) is 5.28. The number of hydrogen-bond acceptors (Lipinski definition) is 7. The Morgan fingerprint density at radius 1 is 1.21 bits per heavy atom. The number of aliphatic hydroxyl groups is 1. The third-order valence-electron chi connectivity index (χ3n) is 7.00. The molecule has 2 aliphatic rings. The zero-order valence-corrected chi connectivity index (χ0v) is 20.5. The first-order valence-corrected chi connectivity index (χ1v) is 12.1. The van der Waals surface area contributed by atoms with Crippen molar-refractivity contribution in [2.45, 2.75) is 44.2 Å². The molecule has 2 amide bonds. The Morgan fingerprint density at radius 3 is 2.71 bits per heavy atom. The lowest BCUT2D eigenvalue weighted by atomic mass is 9.85.